The zero-order valence-corrected chi connectivity index (χ0v) is 12.4. The Bertz CT molecular complexity index is 814. The molecule has 0 saturated carbocycles. The topological polar surface area (TPSA) is 74.7 Å². The van der Waals surface area contributed by atoms with Crippen LogP contribution in [0.4, 0.5) is 10.1 Å². The molecular formula is C15H7BrFNO4. The van der Waals surface area contributed by atoms with Gasteiger partial charge in [-0.05, 0) is 40.2 Å². The van der Waals surface area contributed by atoms with Gasteiger partial charge >= 0.3 is 5.97 Å². The van der Waals surface area contributed by atoms with Crippen molar-refractivity contribution in [2.45, 2.75) is 0 Å². The Balaban J connectivity index is 2.27. The van der Waals surface area contributed by atoms with E-state index in [1.165, 1.54) is 18.2 Å². The second kappa shape index (κ2) is 5.03. The second-order valence-electron chi connectivity index (χ2n) is 4.55. The molecule has 2 amide bonds. The van der Waals surface area contributed by atoms with Gasteiger partial charge in [0.15, 0.2) is 0 Å². The van der Waals surface area contributed by atoms with E-state index in [0.717, 1.165) is 6.07 Å². The molecule has 0 atom stereocenters. The average Bonchev–Trinajstić information content (AvgIpc) is 2.73. The molecule has 0 aromatic heterocycles. The van der Waals surface area contributed by atoms with Crippen LogP contribution in [-0.2, 0) is 0 Å². The smallest absolute Gasteiger partial charge is 0.339 e. The summed E-state index contributed by atoms with van der Waals surface area (Å²) in [6.45, 7) is 0. The van der Waals surface area contributed by atoms with E-state index in [4.69, 9.17) is 0 Å². The number of carbonyl (C=O) groups is 3. The van der Waals surface area contributed by atoms with E-state index in [0.29, 0.717) is 4.90 Å². The van der Waals surface area contributed by atoms with Gasteiger partial charge in [-0.3, -0.25) is 9.59 Å². The lowest BCUT2D eigenvalue weighted by atomic mass is 10.1. The van der Waals surface area contributed by atoms with Gasteiger partial charge in [0.25, 0.3) is 11.8 Å². The molecule has 0 spiro atoms. The Labute approximate surface area is 132 Å². The molecule has 0 radical (unpaired) electrons. The zero-order valence-electron chi connectivity index (χ0n) is 10.8. The molecule has 3 rings (SSSR count). The highest BCUT2D eigenvalue weighted by Crippen LogP contribution is 2.36. The second-order valence-corrected chi connectivity index (χ2v) is 5.40. The van der Waals surface area contributed by atoms with Crippen LogP contribution in [0.5, 0.6) is 0 Å². The van der Waals surface area contributed by atoms with Crippen LogP contribution in [-0.4, -0.2) is 22.9 Å². The molecule has 2 aromatic rings. The molecule has 1 N–H and O–H groups in total. The van der Waals surface area contributed by atoms with E-state index in [1.54, 1.807) is 12.1 Å². The van der Waals surface area contributed by atoms with Gasteiger partial charge in [-0.15, -0.1) is 0 Å². The van der Waals surface area contributed by atoms with Crippen molar-refractivity contribution in [3.8, 4) is 0 Å². The Morgan fingerprint density at radius 1 is 1.05 bits per heavy atom. The molecule has 5 nitrogen and oxygen atoms in total. The van der Waals surface area contributed by atoms with Crippen LogP contribution in [0.2, 0.25) is 0 Å². The Morgan fingerprint density at radius 3 is 2.09 bits per heavy atom. The first-order valence-corrected chi connectivity index (χ1v) is 6.92. The molecule has 0 bridgehead atoms. The summed E-state index contributed by atoms with van der Waals surface area (Å²) >= 11 is 3.01. The van der Waals surface area contributed by atoms with Crippen LogP contribution >= 0.6 is 15.9 Å². The molecule has 0 unspecified atom stereocenters. The van der Waals surface area contributed by atoms with Crippen LogP contribution in [0, 0.1) is 5.82 Å². The molecule has 22 heavy (non-hydrogen) atoms. The number of carboxylic acid groups (broad SMARTS) is 1. The molecule has 0 aliphatic carbocycles. The Morgan fingerprint density at radius 2 is 1.59 bits per heavy atom. The maximum absolute atomic E-state index is 14.2. The number of halogens is 2. The van der Waals surface area contributed by atoms with Crippen molar-refractivity contribution in [2.75, 3.05) is 4.90 Å². The lowest BCUT2D eigenvalue weighted by molar-refractivity contribution is 0.0696. The summed E-state index contributed by atoms with van der Waals surface area (Å²) < 4.78 is 14.3. The minimum absolute atomic E-state index is 0.0768. The number of hydrogen-bond acceptors (Lipinski definition) is 3. The number of imide groups is 1. The van der Waals surface area contributed by atoms with E-state index >= 15 is 0 Å². The molecule has 2 aromatic carbocycles. The first-order valence-electron chi connectivity index (χ1n) is 6.12. The van der Waals surface area contributed by atoms with E-state index in [-0.39, 0.29) is 15.6 Å². The van der Waals surface area contributed by atoms with Gasteiger partial charge < -0.3 is 5.11 Å². The third kappa shape index (κ3) is 1.93. The van der Waals surface area contributed by atoms with Crippen LogP contribution < -0.4 is 4.90 Å². The first kappa shape index (κ1) is 14.4. The number of anilines is 1. The minimum atomic E-state index is -1.45. The fraction of sp³-hybridized carbons (Fsp3) is 0. The monoisotopic (exact) mass is 363 g/mol. The fourth-order valence-electron chi connectivity index (χ4n) is 2.36. The summed E-state index contributed by atoms with van der Waals surface area (Å²) in [6, 6.07) is 8.22. The molecule has 1 aliphatic heterocycles. The maximum Gasteiger partial charge on any atom is 0.339 e. The Kier molecular flexibility index (Phi) is 3.29. The van der Waals surface area contributed by atoms with Gasteiger partial charge in [0.05, 0.1) is 11.1 Å². The largest absolute Gasteiger partial charge is 0.478 e. The maximum atomic E-state index is 14.2. The molecular weight excluding hydrogens is 357 g/mol. The van der Waals surface area contributed by atoms with Gasteiger partial charge in [-0.25, -0.2) is 14.1 Å². The fourth-order valence-corrected chi connectivity index (χ4v) is 2.85. The van der Waals surface area contributed by atoms with Crippen molar-refractivity contribution >= 4 is 39.4 Å². The van der Waals surface area contributed by atoms with E-state index in [2.05, 4.69) is 15.9 Å². The van der Waals surface area contributed by atoms with Crippen molar-refractivity contribution in [1.29, 1.82) is 0 Å². The van der Waals surface area contributed by atoms with Crippen LogP contribution in [0.25, 0.3) is 0 Å². The number of rotatable bonds is 2. The van der Waals surface area contributed by atoms with Gasteiger partial charge in [-0.2, -0.15) is 0 Å². The van der Waals surface area contributed by atoms with Gasteiger partial charge in [0, 0.05) is 4.47 Å². The molecule has 1 aliphatic rings. The summed E-state index contributed by atoms with van der Waals surface area (Å²) in [7, 11) is 0. The third-order valence-electron chi connectivity index (χ3n) is 3.31. The lowest BCUT2D eigenvalue weighted by Crippen LogP contribution is -2.32. The van der Waals surface area contributed by atoms with Crippen molar-refractivity contribution in [3.05, 3.63) is 63.4 Å². The Hall–Kier alpha value is -2.54. The number of carbonyl (C=O) groups excluding carboxylic acids is 2. The zero-order chi connectivity index (χ0) is 16.0. The number of amides is 2. The first-order chi connectivity index (χ1) is 10.4. The van der Waals surface area contributed by atoms with Gasteiger partial charge in [0.2, 0.25) is 0 Å². The normalized spacial score (nSPS) is 13.5. The van der Waals surface area contributed by atoms with Crippen molar-refractivity contribution in [3.63, 3.8) is 0 Å². The lowest BCUT2D eigenvalue weighted by Gasteiger charge is -2.18. The SMILES string of the molecule is O=C(O)c1c(Br)ccc(F)c1N1C(=O)c2ccccc2C1=O. The third-order valence-corrected chi connectivity index (χ3v) is 3.97. The molecule has 1 heterocycles. The summed E-state index contributed by atoms with van der Waals surface area (Å²) in [5.74, 6) is -3.91. The quantitative estimate of drug-likeness (QED) is 0.832. The van der Waals surface area contributed by atoms with Gasteiger partial charge in [0.1, 0.15) is 17.1 Å². The summed E-state index contributed by atoms with van der Waals surface area (Å²) in [5, 5.41) is 9.27. The predicted octanol–water partition coefficient (Wildman–Crippen LogP) is 3.09. The van der Waals surface area contributed by atoms with E-state index < -0.39 is 34.9 Å². The number of nitrogens with zero attached hydrogens (tertiary/aromatic N) is 1. The summed E-state index contributed by atoms with van der Waals surface area (Å²) in [4.78, 5) is 36.7. The number of carboxylic acids is 1. The number of hydrogen-bond donors (Lipinski definition) is 1. The molecule has 0 saturated heterocycles. The highest BCUT2D eigenvalue weighted by atomic mass is 79.9. The number of benzene rings is 2. The minimum Gasteiger partial charge on any atom is -0.478 e. The predicted molar refractivity (Wildman–Crippen MR) is 78.6 cm³/mol. The van der Waals surface area contributed by atoms with Crippen LogP contribution in [0.15, 0.2) is 40.9 Å². The highest BCUT2D eigenvalue weighted by molar-refractivity contribution is 9.10. The average molecular weight is 364 g/mol. The molecule has 110 valence electrons. The van der Waals surface area contributed by atoms with Crippen LogP contribution in [0.3, 0.4) is 0 Å². The van der Waals surface area contributed by atoms with E-state index in [1.807, 2.05) is 0 Å². The summed E-state index contributed by atoms with van der Waals surface area (Å²) in [5.41, 5.74) is -0.811. The van der Waals surface area contributed by atoms with Gasteiger partial charge in [-0.1, -0.05) is 12.1 Å². The van der Waals surface area contributed by atoms with Crippen LogP contribution in [0.1, 0.15) is 31.1 Å². The number of fused-ring (bicyclic) bond motifs is 1. The van der Waals surface area contributed by atoms with Crippen molar-refractivity contribution in [1.82, 2.24) is 0 Å². The molecule has 7 heteroatoms. The highest BCUT2D eigenvalue weighted by Gasteiger charge is 2.40. The van der Waals surface area contributed by atoms with E-state index in [9.17, 15) is 23.9 Å². The van der Waals surface area contributed by atoms with Crippen molar-refractivity contribution in [2.24, 2.45) is 0 Å². The number of aromatic carboxylic acids is 1. The standard InChI is InChI=1S/C15H7BrFNO4/c16-9-5-6-10(17)12(11(9)15(21)22)18-13(19)7-3-1-2-4-8(7)14(18)20/h1-6H,(H,21,22). The molecule has 0 fully saturated rings. The summed E-state index contributed by atoms with van der Waals surface area (Å²) in [6.07, 6.45) is 0. The van der Waals surface area contributed by atoms with Crippen molar-refractivity contribution < 1.29 is 23.9 Å².